The Kier molecular flexibility index (Phi) is 7.34. The number of hydrogen-bond acceptors (Lipinski definition) is 3. The predicted molar refractivity (Wildman–Crippen MR) is 98.0 cm³/mol. The van der Waals surface area contributed by atoms with Crippen LogP contribution in [0.5, 0.6) is 11.5 Å². The average Bonchev–Trinajstić information content (AvgIpc) is 2.66. The first-order chi connectivity index (χ1) is 12.9. The summed E-state index contributed by atoms with van der Waals surface area (Å²) in [4.78, 5) is 4.12. The number of benzene rings is 2. The van der Waals surface area contributed by atoms with Crippen molar-refractivity contribution in [1.29, 1.82) is 0 Å². The molecule has 0 aromatic heterocycles. The van der Waals surface area contributed by atoms with E-state index in [4.69, 9.17) is 9.47 Å². The number of aliphatic imine (C=N–C) groups is 1. The standard InChI is InChI=1S/C19H22F3N3O2/c1-23-18(24-11-14-6-5-8-16(10-14)26-2)25-12-15-7-3-4-9-17(15)27-13-19(20,21)22/h3-10H,11-13H2,1-2H3,(H2,23,24,25). The molecule has 0 aliphatic rings. The number of nitrogens with one attached hydrogen (secondary N) is 2. The Balaban J connectivity index is 1.92. The van der Waals surface area contributed by atoms with E-state index in [0.717, 1.165) is 11.3 Å². The number of alkyl halides is 3. The van der Waals surface area contributed by atoms with Gasteiger partial charge in [0.25, 0.3) is 0 Å². The Morgan fingerprint density at radius 2 is 1.78 bits per heavy atom. The SMILES string of the molecule is CN=C(NCc1cccc(OC)c1)NCc1ccccc1OCC(F)(F)F. The molecule has 0 saturated heterocycles. The van der Waals surface area contributed by atoms with E-state index in [1.165, 1.54) is 6.07 Å². The van der Waals surface area contributed by atoms with Gasteiger partial charge in [0.05, 0.1) is 7.11 Å². The molecule has 2 aromatic rings. The van der Waals surface area contributed by atoms with E-state index in [2.05, 4.69) is 15.6 Å². The Labute approximate surface area is 156 Å². The summed E-state index contributed by atoms with van der Waals surface area (Å²) in [6.07, 6.45) is -4.38. The lowest BCUT2D eigenvalue weighted by atomic mass is 10.2. The molecular weight excluding hydrogens is 359 g/mol. The zero-order valence-corrected chi connectivity index (χ0v) is 15.1. The fraction of sp³-hybridized carbons (Fsp3) is 0.316. The molecule has 8 heteroatoms. The molecule has 0 aliphatic carbocycles. The van der Waals surface area contributed by atoms with Gasteiger partial charge in [0.2, 0.25) is 0 Å². The molecule has 2 rings (SSSR count). The molecule has 0 amide bonds. The number of nitrogens with zero attached hydrogens (tertiary/aromatic N) is 1. The highest BCUT2D eigenvalue weighted by atomic mass is 19.4. The second-order valence-corrected chi connectivity index (χ2v) is 5.64. The van der Waals surface area contributed by atoms with Crippen LogP contribution in [0.4, 0.5) is 13.2 Å². The molecule has 5 nitrogen and oxygen atoms in total. The number of halogens is 3. The number of hydrogen-bond donors (Lipinski definition) is 2. The van der Waals surface area contributed by atoms with Gasteiger partial charge < -0.3 is 20.1 Å². The Morgan fingerprint density at radius 1 is 1.04 bits per heavy atom. The number of para-hydroxylation sites is 1. The molecule has 0 bridgehead atoms. The first-order valence-corrected chi connectivity index (χ1v) is 8.26. The zero-order chi connectivity index (χ0) is 19.7. The van der Waals surface area contributed by atoms with E-state index in [1.807, 2.05) is 24.3 Å². The van der Waals surface area contributed by atoms with Crippen molar-refractivity contribution in [2.75, 3.05) is 20.8 Å². The van der Waals surface area contributed by atoms with Gasteiger partial charge in [-0.1, -0.05) is 30.3 Å². The lowest BCUT2D eigenvalue weighted by Gasteiger charge is -2.15. The Morgan fingerprint density at radius 3 is 2.48 bits per heavy atom. The van der Waals surface area contributed by atoms with E-state index in [0.29, 0.717) is 18.1 Å². The topological polar surface area (TPSA) is 54.9 Å². The monoisotopic (exact) mass is 381 g/mol. The van der Waals surface area contributed by atoms with Gasteiger partial charge in [0, 0.05) is 25.7 Å². The number of guanidine groups is 1. The van der Waals surface area contributed by atoms with Crippen molar-refractivity contribution < 1.29 is 22.6 Å². The Hall–Kier alpha value is -2.90. The summed E-state index contributed by atoms with van der Waals surface area (Å²) in [6, 6.07) is 14.2. The van der Waals surface area contributed by atoms with E-state index < -0.39 is 12.8 Å². The first kappa shape index (κ1) is 20.4. The average molecular weight is 381 g/mol. The molecule has 27 heavy (non-hydrogen) atoms. The van der Waals surface area contributed by atoms with Crippen LogP contribution in [0.3, 0.4) is 0 Å². The molecule has 0 aliphatic heterocycles. The first-order valence-electron chi connectivity index (χ1n) is 8.26. The highest BCUT2D eigenvalue weighted by Crippen LogP contribution is 2.22. The molecular formula is C19H22F3N3O2. The number of rotatable bonds is 7. The van der Waals surface area contributed by atoms with Crippen molar-refractivity contribution >= 4 is 5.96 Å². The fourth-order valence-corrected chi connectivity index (χ4v) is 2.32. The van der Waals surface area contributed by atoms with Crippen LogP contribution in [-0.2, 0) is 13.1 Å². The minimum Gasteiger partial charge on any atom is -0.497 e. The minimum atomic E-state index is -4.38. The smallest absolute Gasteiger partial charge is 0.422 e. The summed E-state index contributed by atoms with van der Waals surface area (Å²) in [6.45, 7) is -0.540. The second kappa shape index (κ2) is 9.70. The molecule has 0 heterocycles. The summed E-state index contributed by atoms with van der Waals surface area (Å²) >= 11 is 0. The molecule has 2 aromatic carbocycles. The van der Waals surface area contributed by atoms with Gasteiger partial charge in [0.1, 0.15) is 11.5 Å². The maximum Gasteiger partial charge on any atom is 0.422 e. The quantitative estimate of drug-likeness (QED) is 0.569. The molecule has 0 radical (unpaired) electrons. The predicted octanol–water partition coefficient (Wildman–Crippen LogP) is 3.50. The van der Waals surface area contributed by atoms with Crippen LogP contribution < -0.4 is 20.1 Å². The van der Waals surface area contributed by atoms with Gasteiger partial charge in [-0.25, -0.2) is 0 Å². The normalized spacial score (nSPS) is 11.8. The maximum absolute atomic E-state index is 12.4. The Bertz CT molecular complexity index is 764. The van der Waals surface area contributed by atoms with Crippen molar-refractivity contribution in [2.24, 2.45) is 4.99 Å². The van der Waals surface area contributed by atoms with Gasteiger partial charge in [0.15, 0.2) is 12.6 Å². The van der Waals surface area contributed by atoms with Crippen LogP contribution in [0.1, 0.15) is 11.1 Å². The molecule has 0 spiro atoms. The zero-order valence-electron chi connectivity index (χ0n) is 15.1. The van der Waals surface area contributed by atoms with Crippen molar-refractivity contribution in [3.8, 4) is 11.5 Å². The van der Waals surface area contributed by atoms with Crippen LogP contribution >= 0.6 is 0 Å². The summed E-state index contributed by atoms with van der Waals surface area (Å²) in [5, 5.41) is 6.21. The van der Waals surface area contributed by atoms with Crippen LogP contribution in [0.25, 0.3) is 0 Å². The summed E-state index contributed by atoms with van der Waals surface area (Å²) in [7, 11) is 3.22. The van der Waals surface area contributed by atoms with Crippen molar-refractivity contribution in [3.63, 3.8) is 0 Å². The maximum atomic E-state index is 12.4. The van der Waals surface area contributed by atoms with Crippen LogP contribution in [-0.4, -0.2) is 32.9 Å². The largest absolute Gasteiger partial charge is 0.497 e. The number of methoxy groups -OCH3 is 1. The van der Waals surface area contributed by atoms with Crippen LogP contribution in [0, 0.1) is 0 Å². The van der Waals surface area contributed by atoms with Gasteiger partial charge in [-0.2, -0.15) is 13.2 Å². The van der Waals surface area contributed by atoms with E-state index >= 15 is 0 Å². The molecule has 0 fully saturated rings. The summed E-state index contributed by atoms with van der Waals surface area (Å²) < 4.78 is 47.2. The summed E-state index contributed by atoms with van der Waals surface area (Å²) in [5.41, 5.74) is 1.61. The van der Waals surface area contributed by atoms with E-state index in [1.54, 1.807) is 32.4 Å². The van der Waals surface area contributed by atoms with Crippen LogP contribution in [0.15, 0.2) is 53.5 Å². The summed E-state index contributed by atoms with van der Waals surface area (Å²) in [5.74, 6) is 1.46. The highest BCUT2D eigenvalue weighted by molar-refractivity contribution is 5.79. The van der Waals surface area contributed by atoms with Gasteiger partial charge in [-0.15, -0.1) is 0 Å². The van der Waals surface area contributed by atoms with Crippen molar-refractivity contribution in [3.05, 3.63) is 59.7 Å². The van der Waals surface area contributed by atoms with Crippen molar-refractivity contribution in [2.45, 2.75) is 19.3 Å². The van der Waals surface area contributed by atoms with E-state index in [-0.39, 0.29) is 12.3 Å². The molecule has 0 saturated carbocycles. The lowest BCUT2D eigenvalue weighted by molar-refractivity contribution is -0.153. The molecule has 2 N–H and O–H groups in total. The molecule has 146 valence electrons. The van der Waals surface area contributed by atoms with Gasteiger partial charge in [-0.05, 0) is 23.8 Å². The third-order valence-corrected chi connectivity index (χ3v) is 3.63. The van der Waals surface area contributed by atoms with Crippen LogP contribution in [0.2, 0.25) is 0 Å². The molecule has 0 atom stereocenters. The van der Waals surface area contributed by atoms with Gasteiger partial charge in [-0.3, -0.25) is 4.99 Å². The fourth-order valence-electron chi connectivity index (χ4n) is 2.32. The van der Waals surface area contributed by atoms with Gasteiger partial charge >= 0.3 is 6.18 Å². The minimum absolute atomic E-state index is 0.186. The van der Waals surface area contributed by atoms with Crippen molar-refractivity contribution in [1.82, 2.24) is 10.6 Å². The second-order valence-electron chi connectivity index (χ2n) is 5.64. The number of ether oxygens (including phenoxy) is 2. The third-order valence-electron chi connectivity index (χ3n) is 3.63. The third kappa shape index (κ3) is 7.08. The van der Waals surface area contributed by atoms with E-state index in [9.17, 15) is 13.2 Å². The molecule has 0 unspecified atom stereocenters. The lowest BCUT2D eigenvalue weighted by Crippen LogP contribution is -2.36. The highest BCUT2D eigenvalue weighted by Gasteiger charge is 2.28.